The summed E-state index contributed by atoms with van der Waals surface area (Å²) in [5.41, 5.74) is -0.259. The number of rotatable bonds is 4. The van der Waals surface area contributed by atoms with E-state index in [1.165, 1.54) is 6.92 Å². The second-order valence-corrected chi connectivity index (χ2v) is 3.63. The first-order chi connectivity index (χ1) is 7.88. The Balaban J connectivity index is 3.28. The van der Waals surface area contributed by atoms with Crippen molar-refractivity contribution < 1.29 is 28.5 Å². The van der Waals surface area contributed by atoms with Crippen LogP contribution in [0.3, 0.4) is 0 Å². The molecule has 0 fully saturated rings. The van der Waals surface area contributed by atoms with E-state index in [0.717, 1.165) is 7.11 Å². The molecule has 0 radical (unpaired) electrons. The van der Waals surface area contributed by atoms with E-state index >= 15 is 0 Å². The van der Waals surface area contributed by atoms with E-state index in [4.69, 9.17) is 5.11 Å². The van der Waals surface area contributed by atoms with Gasteiger partial charge in [-0.15, -0.1) is 0 Å². The number of halogens is 2. The molecule has 2 N–H and O–H groups in total. The van der Waals surface area contributed by atoms with Gasteiger partial charge in [0.15, 0.2) is 17.3 Å². The number of hydrogen-bond acceptors (Lipinski definition) is 3. The summed E-state index contributed by atoms with van der Waals surface area (Å²) in [6, 6.07) is 0.562. The van der Waals surface area contributed by atoms with Gasteiger partial charge in [-0.3, -0.25) is 4.79 Å². The fourth-order valence-corrected chi connectivity index (χ4v) is 1.63. The molecule has 1 rings (SSSR count). The first kappa shape index (κ1) is 13.2. The van der Waals surface area contributed by atoms with Gasteiger partial charge in [0.25, 0.3) is 0 Å². The molecule has 0 aromatic heterocycles. The Morgan fingerprint density at radius 3 is 2.53 bits per heavy atom. The van der Waals surface area contributed by atoms with Gasteiger partial charge in [-0.1, -0.05) is 6.92 Å². The number of ether oxygens (including phenoxy) is 1. The average Bonchev–Trinajstić information content (AvgIpc) is 2.15. The standard InChI is InChI=1S/C11H12F2O4/c1-5(3-8(14)15)9-6(12)4-7(13)11(17-2)10(9)16/h4-5,16H,3H2,1-2H3,(H,14,15). The molecule has 1 aromatic rings. The number of aromatic hydroxyl groups is 1. The van der Waals surface area contributed by atoms with Crippen LogP contribution in [0.15, 0.2) is 6.07 Å². The van der Waals surface area contributed by atoms with Crippen LogP contribution < -0.4 is 4.74 Å². The number of phenolic OH excluding ortho intramolecular Hbond substituents is 1. The Kier molecular flexibility index (Phi) is 3.88. The Labute approximate surface area is 96.5 Å². The van der Waals surface area contributed by atoms with Gasteiger partial charge in [-0.25, -0.2) is 8.78 Å². The SMILES string of the molecule is COc1c(F)cc(F)c(C(C)CC(=O)O)c1O. The summed E-state index contributed by atoms with van der Waals surface area (Å²) >= 11 is 0. The summed E-state index contributed by atoms with van der Waals surface area (Å²) in [6.45, 7) is 1.42. The predicted octanol–water partition coefficient (Wildman–Crippen LogP) is 2.26. The van der Waals surface area contributed by atoms with E-state index in [0.29, 0.717) is 6.07 Å². The number of aliphatic carboxylic acids is 1. The lowest BCUT2D eigenvalue weighted by molar-refractivity contribution is -0.137. The highest BCUT2D eigenvalue weighted by atomic mass is 19.1. The molecule has 6 heteroatoms. The Hall–Kier alpha value is -1.85. The molecule has 4 nitrogen and oxygen atoms in total. The molecule has 0 heterocycles. The van der Waals surface area contributed by atoms with Crippen molar-refractivity contribution in [1.29, 1.82) is 0 Å². The van der Waals surface area contributed by atoms with Crippen LogP contribution in [-0.2, 0) is 4.79 Å². The molecule has 1 atom stereocenters. The zero-order valence-corrected chi connectivity index (χ0v) is 9.33. The van der Waals surface area contributed by atoms with Gasteiger partial charge in [0.1, 0.15) is 5.82 Å². The first-order valence-corrected chi connectivity index (χ1v) is 4.85. The molecule has 0 amide bonds. The maximum atomic E-state index is 13.5. The minimum atomic E-state index is -1.14. The Bertz CT molecular complexity index is 446. The number of phenols is 1. The van der Waals surface area contributed by atoms with Crippen LogP contribution in [0.5, 0.6) is 11.5 Å². The largest absolute Gasteiger partial charge is 0.504 e. The second kappa shape index (κ2) is 4.99. The smallest absolute Gasteiger partial charge is 0.303 e. The lowest BCUT2D eigenvalue weighted by Gasteiger charge is -2.15. The van der Waals surface area contributed by atoms with E-state index in [2.05, 4.69) is 4.74 Å². The van der Waals surface area contributed by atoms with Gasteiger partial charge in [0.05, 0.1) is 13.5 Å². The summed E-state index contributed by atoms with van der Waals surface area (Å²) in [6.07, 6.45) is -0.376. The lowest BCUT2D eigenvalue weighted by atomic mass is 9.95. The van der Waals surface area contributed by atoms with Crippen LogP contribution in [0.4, 0.5) is 8.78 Å². The van der Waals surface area contributed by atoms with Gasteiger partial charge in [-0.2, -0.15) is 0 Å². The second-order valence-electron chi connectivity index (χ2n) is 3.63. The molecule has 0 saturated carbocycles. The molecule has 1 unspecified atom stereocenters. The van der Waals surface area contributed by atoms with Gasteiger partial charge in [0, 0.05) is 11.6 Å². The van der Waals surface area contributed by atoms with Gasteiger partial charge in [-0.05, 0) is 5.92 Å². The monoisotopic (exact) mass is 246 g/mol. The van der Waals surface area contributed by atoms with Crippen molar-refractivity contribution in [3.05, 3.63) is 23.3 Å². The number of carbonyl (C=O) groups is 1. The maximum absolute atomic E-state index is 13.5. The van der Waals surface area contributed by atoms with Gasteiger partial charge in [0.2, 0.25) is 0 Å². The number of carboxylic acid groups (broad SMARTS) is 1. The van der Waals surface area contributed by atoms with E-state index in [-0.39, 0.29) is 12.0 Å². The van der Waals surface area contributed by atoms with Crippen LogP contribution in [-0.4, -0.2) is 23.3 Å². The summed E-state index contributed by atoms with van der Waals surface area (Å²) in [4.78, 5) is 10.5. The third-order valence-electron chi connectivity index (χ3n) is 2.38. The van der Waals surface area contributed by atoms with Crippen LogP contribution in [0, 0.1) is 11.6 Å². The zero-order chi connectivity index (χ0) is 13.2. The molecule has 0 spiro atoms. The number of benzene rings is 1. The molecule has 0 aliphatic carbocycles. The average molecular weight is 246 g/mol. The van der Waals surface area contributed by atoms with E-state index < -0.39 is 35.0 Å². The fraction of sp³-hybridized carbons (Fsp3) is 0.364. The third kappa shape index (κ3) is 2.64. The third-order valence-corrected chi connectivity index (χ3v) is 2.38. The highest BCUT2D eigenvalue weighted by Gasteiger charge is 2.24. The molecular weight excluding hydrogens is 234 g/mol. The van der Waals surface area contributed by atoms with E-state index in [9.17, 15) is 18.7 Å². The Morgan fingerprint density at radius 1 is 1.47 bits per heavy atom. The van der Waals surface area contributed by atoms with Crippen molar-refractivity contribution in [3.63, 3.8) is 0 Å². The molecule has 94 valence electrons. The molecule has 0 bridgehead atoms. The quantitative estimate of drug-likeness (QED) is 0.855. The molecule has 0 aliphatic heterocycles. The number of carboxylic acids is 1. The maximum Gasteiger partial charge on any atom is 0.303 e. The van der Waals surface area contributed by atoms with Crippen LogP contribution in [0.1, 0.15) is 24.8 Å². The predicted molar refractivity (Wildman–Crippen MR) is 55.2 cm³/mol. The van der Waals surface area contributed by atoms with Crippen molar-refractivity contribution in [2.24, 2.45) is 0 Å². The van der Waals surface area contributed by atoms with Crippen molar-refractivity contribution in [1.82, 2.24) is 0 Å². The summed E-state index contributed by atoms with van der Waals surface area (Å²) in [5.74, 6) is -5.14. The summed E-state index contributed by atoms with van der Waals surface area (Å²) < 4.78 is 31.2. The number of hydrogen-bond donors (Lipinski definition) is 2. The molecule has 1 aromatic carbocycles. The Morgan fingerprint density at radius 2 is 2.06 bits per heavy atom. The van der Waals surface area contributed by atoms with Gasteiger partial charge < -0.3 is 14.9 Å². The van der Waals surface area contributed by atoms with Crippen LogP contribution in [0.25, 0.3) is 0 Å². The van der Waals surface area contributed by atoms with Crippen molar-refractivity contribution >= 4 is 5.97 Å². The topological polar surface area (TPSA) is 66.8 Å². The molecule has 0 aliphatic rings. The van der Waals surface area contributed by atoms with E-state index in [1.807, 2.05) is 0 Å². The fourth-order valence-electron chi connectivity index (χ4n) is 1.63. The highest BCUT2D eigenvalue weighted by molar-refractivity contribution is 5.68. The normalized spacial score (nSPS) is 12.2. The van der Waals surface area contributed by atoms with Crippen molar-refractivity contribution in [3.8, 4) is 11.5 Å². The zero-order valence-electron chi connectivity index (χ0n) is 9.33. The summed E-state index contributed by atoms with van der Waals surface area (Å²) in [7, 11) is 1.13. The minimum Gasteiger partial charge on any atom is -0.504 e. The lowest BCUT2D eigenvalue weighted by Crippen LogP contribution is -2.06. The minimum absolute atomic E-state index is 0.259. The molecule has 17 heavy (non-hydrogen) atoms. The summed E-state index contributed by atoms with van der Waals surface area (Å²) in [5, 5.41) is 18.2. The first-order valence-electron chi connectivity index (χ1n) is 4.85. The van der Waals surface area contributed by atoms with Crippen molar-refractivity contribution in [2.45, 2.75) is 19.3 Å². The number of methoxy groups -OCH3 is 1. The molecule has 0 saturated heterocycles. The van der Waals surface area contributed by atoms with Gasteiger partial charge >= 0.3 is 5.97 Å². The molecular formula is C11H12F2O4. The van der Waals surface area contributed by atoms with E-state index in [1.54, 1.807) is 0 Å². The van der Waals surface area contributed by atoms with Crippen LogP contribution in [0.2, 0.25) is 0 Å². The van der Waals surface area contributed by atoms with Crippen molar-refractivity contribution in [2.75, 3.05) is 7.11 Å². The highest BCUT2D eigenvalue weighted by Crippen LogP contribution is 2.39. The van der Waals surface area contributed by atoms with Crippen LogP contribution >= 0.6 is 0 Å².